The number of hydrogen-bond acceptors (Lipinski definition) is 3. The highest BCUT2D eigenvalue weighted by molar-refractivity contribution is 6.06. The maximum atomic E-state index is 11.9. The largest absolute Gasteiger partial charge is 0.444 e. The lowest BCUT2D eigenvalue weighted by Gasteiger charge is -2.26. The van der Waals surface area contributed by atoms with Crippen molar-refractivity contribution in [3.8, 4) is 0 Å². The minimum Gasteiger partial charge on any atom is -0.444 e. The number of nitrogens with zero attached hydrogens (tertiary/aromatic N) is 1. The zero-order chi connectivity index (χ0) is 12.1. The first-order valence-corrected chi connectivity index (χ1v) is 5.55. The van der Waals surface area contributed by atoms with Crippen LogP contribution in [-0.4, -0.2) is 34.5 Å². The number of Topliss-reactive ketones (excluding diaryl/α,β-unsaturated/α-hetero) is 1. The lowest BCUT2D eigenvalue weighted by atomic mass is 9.95. The molecular formula is C12H17NO3. The molecule has 0 aromatic heterocycles. The summed E-state index contributed by atoms with van der Waals surface area (Å²) in [6, 6.07) is -0.459. The first kappa shape index (κ1) is 11.2. The van der Waals surface area contributed by atoms with Crippen LogP contribution >= 0.6 is 0 Å². The topological polar surface area (TPSA) is 46.6 Å². The molecule has 2 aliphatic rings. The van der Waals surface area contributed by atoms with Crippen LogP contribution in [0, 0.1) is 0 Å². The zero-order valence-corrected chi connectivity index (χ0v) is 9.95. The first-order valence-electron chi connectivity index (χ1n) is 5.55. The Morgan fingerprint density at radius 2 is 1.94 bits per heavy atom. The van der Waals surface area contributed by atoms with Crippen molar-refractivity contribution in [1.82, 2.24) is 4.90 Å². The minimum absolute atomic E-state index is 0.00195. The van der Waals surface area contributed by atoms with E-state index in [1.165, 1.54) is 0 Å². The van der Waals surface area contributed by atoms with Gasteiger partial charge in [0.1, 0.15) is 5.60 Å². The van der Waals surface area contributed by atoms with Crippen LogP contribution in [0.3, 0.4) is 0 Å². The maximum absolute atomic E-state index is 11.9. The Kier molecular flexibility index (Phi) is 2.33. The highest BCUT2D eigenvalue weighted by atomic mass is 16.6. The minimum atomic E-state index is -0.524. The Morgan fingerprint density at radius 3 is 2.38 bits per heavy atom. The molecule has 2 aliphatic heterocycles. The molecule has 0 aromatic carbocycles. The van der Waals surface area contributed by atoms with E-state index < -0.39 is 11.7 Å². The standard InChI is InChI=1S/C12H17NO3/c1-7-8-5-6-9(10(7)14)13(8)11(15)16-12(2,3)4/h8-9H,1,5-6H2,2-4H3. The van der Waals surface area contributed by atoms with Crippen molar-refractivity contribution < 1.29 is 14.3 Å². The molecule has 2 bridgehead atoms. The third-order valence-electron chi connectivity index (χ3n) is 3.01. The molecule has 0 N–H and O–H groups in total. The highest BCUT2D eigenvalue weighted by Gasteiger charge is 2.51. The smallest absolute Gasteiger partial charge is 0.411 e. The van der Waals surface area contributed by atoms with E-state index in [9.17, 15) is 9.59 Å². The lowest BCUT2D eigenvalue weighted by Crippen LogP contribution is -2.40. The van der Waals surface area contributed by atoms with Crippen LogP contribution in [0.1, 0.15) is 33.6 Å². The van der Waals surface area contributed by atoms with Gasteiger partial charge in [-0.1, -0.05) is 6.58 Å². The van der Waals surface area contributed by atoms with E-state index in [-0.39, 0.29) is 17.9 Å². The highest BCUT2D eigenvalue weighted by Crippen LogP contribution is 2.38. The van der Waals surface area contributed by atoms with Crippen molar-refractivity contribution in [2.75, 3.05) is 0 Å². The van der Waals surface area contributed by atoms with Crippen LogP contribution in [-0.2, 0) is 9.53 Å². The number of ether oxygens (including phenoxy) is 1. The molecular weight excluding hydrogens is 206 g/mol. The Hall–Kier alpha value is -1.32. The van der Waals surface area contributed by atoms with Crippen LogP contribution in [0.5, 0.6) is 0 Å². The van der Waals surface area contributed by atoms with Gasteiger partial charge in [-0.25, -0.2) is 4.79 Å². The summed E-state index contributed by atoms with van der Waals surface area (Å²) in [5.74, 6) is 0.00195. The number of carbonyl (C=O) groups is 2. The van der Waals surface area contributed by atoms with Gasteiger partial charge >= 0.3 is 6.09 Å². The van der Waals surface area contributed by atoms with Crippen molar-refractivity contribution in [1.29, 1.82) is 0 Å². The van der Waals surface area contributed by atoms with Gasteiger partial charge in [-0.3, -0.25) is 9.69 Å². The number of carbonyl (C=O) groups excluding carboxylic acids is 2. The second kappa shape index (κ2) is 3.34. The van der Waals surface area contributed by atoms with Gasteiger partial charge in [-0.05, 0) is 33.6 Å². The van der Waals surface area contributed by atoms with Gasteiger partial charge in [0.25, 0.3) is 0 Å². The van der Waals surface area contributed by atoms with Gasteiger partial charge in [0.2, 0.25) is 0 Å². The normalized spacial score (nSPS) is 28.8. The van der Waals surface area contributed by atoms with Gasteiger partial charge in [0.05, 0.1) is 12.1 Å². The summed E-state index contributed by atoms with van der Waals surface area (Å²) in [4.78, 5) is 25.2. The fourth-order valence-electron chi connectivity index (χ4n) is 2.36. The Morgan fingerprint density at radius 1 is 1.38 bits per heavy atom. The Labute approximate surface area is 95.2 Å². The summed E-state index contributed by atoms with van der Waals surface area (Å²) in [7, 11) is 0. The van der Waals surface area contributed by atoms with Gasteiger partial charge in [-0.15, -0.1) is 0 Å². The molecule has 4 heteroatoms. The first-order chi connectivity index (χ1) is 7.31. The van der Waals surface area contributed by atoms with E-state index in [4.69, 9.17) is 4.74 Å². The molecule has 16 heavy (non-hydrogen) atoms. The molecule has 0 spiro atoms. The van der Waals surface area contributed by atoms with Crippen molar-refractivity contribution in [3.63, 3.8) is 0 Å². The molecule has 0 saturated carbocycles. The number of amides is 1. The molecule has 2 rings (SSSR count). The van der Waals surface area contributed by atoms with Crippen LogP contribution in [0.25, 0.3) is 0 Å². The summed E-state index contributed by atoms with van der Waals surface area (Å²) in [6.45, 7) is 9.20. The molecule has 88 valence electrons. The summed E-state index contributed by atoms with van der Waals surface area (Å²) in [5, 5.41) is 0. The third-order valence-corrected chi connectivity index (χ3v) is 3.01. The average molecular weight is 223 g/mol. The van der Waals surface area contributed by atoms with Crippen molar-refractivity contribution >= 4 is 11.9 Å². The molecule has 0 aliphatic carbocycles. The molecule has 0 aromatic rings. The van der Waals surface area contributed by atoms with Crippen LogP contribution in [0.2, 0.25) is 0 Å². The second-order valence-corrected chi connectivity index (χ2v) is 5.39. The molecule has 2 unspecified atom stereocenters. The molecule has 1 amide bonds. The summed E-state index contributed by atoms with van der Waals surface area (Å²) < 4.78 is 5.29. The van der Waals surface area contributed by atoms with Crippen LogP contribution in [0.15, 0.2) is 12.2 Å². The van der Waals surface area contributed by atoms with Gasteiger partial charge in [0, 0.05) is 5.57 Å². The van der Waals surface area contributed by atoms with E-state index in [2.05, 4.69) is 6.58 Å². The summed E-state index contributed by atoms with van der Waals surface area (Å²) in [6.07, 6.45) is 1.17. The van der Waals surface area contributed by atoms with Crippen LogP contribution < -0.4 is 0 Å². The van der Waals surface area contributed by atoms with E-state index >= 15 is 0 Å². The molecule has 0 radical (unpaired) electrons. The van der Waals surface area contributed by atoms with Crippen LogP contribution in [0.4, 0.5) is 4.79 Å². The van der Waals surface area contributed by atoms with Crippen molar-refractivity contribution in [3.05, 3.63) is 12.2 Å². The second-order valence-electron chi connectivity index (χ2n) is 5.39. The van der Waals surface area contributed by atoms with Gasteiger partial charge in [0.15, 0.2) is 5.78 Å². The molecule has 2 saturated heterocycles. The van der Waals surface area contributed by atoms with Crippen molar-refractivity contribution in [2.45, 2.75) is 51.3 Å². The SMILES string of the molecule is C=C1C(=O)C2CCC1N2C(=O)OC(C)(C)C. The summed E-state index contributed by atoms with van der Waals surface area (Å²) >= 11 is 0. The predicted octanol–water partition coefficient (Wildman–Crippen LogP) is 1.89. The number of fused-ring (bicyclic) bond motifs is 2. The van der Waals surface area contributed by atoms with E-state index in [0.29, 0.717) is 5.57 Å². The van der Waals surface area contributed by atoms with E-state index in [1.54, 1.807) is 4.90 Å². The quantitative estimate of drug-likeness (QED) is 0.589. The molecule has 2 heterocycles. The Bertz CT molecular complexity index is 345. The average Bonchev–Trinajstić information content (AvgIpc) is 2.63. The third kappa shape index (κ3) is 1.62. The summed E-state index contributed by atoms with van der Waals surface area (Å²) in [5.41, 5.74) is 0.0332. The van der Waals surface area contributed by atoms with E-state index in [0.717, 1.165) is 12.8 Å². The zero-order valence-electron chi connectivity index (χ0n) is 9.95. The maximum Gasteiger partial charge on any atom is 0.411 e. The lowest BCUT2D eigenvalue weighted by molar-refractivity contribution is -0.117. The van der Waals surface area contributed by atoms with E-state index in [1.807, 2.05) is 20.8 Å². The molecule has 4 nitrogen and oxygen atoms in total. The number of ketones is 1. The fourth-order valence-corrected chi connectivity index (χ4v) is 2.36. The molecule has 2 fully saturated rings. The number of hydrogen-bond donors (Lipinski definition) is 0. The Balaban J connectivity index is 2.15. The number of rotatable bonds is 0. The fraction of sp³-hybridized carbons (Fsp3) is 0.667. The predicted molar refractivity (Wildman–Crippen MR) is 59.0 cm³/mol. The van der Waals surface area contributed by atoms with Gasteiger partial charge < -0.3 is 4.74 Å². The van der Waals surface area contributed by atoms with Gasteiger partial charge in [-0.2, -0.15) is 0 Å². The van der Waals surface area contributed by atoms with Crippen molar-refractivity contribution in [2.24, 2.45) is 0 Å². The molecule has 2 atom stereocenters. The monoisotopic (exact) mass is 223 g/mol.